The van der Waals surface area contributed by atoms with Crippen LogP contribution in [-0.4, -0.2) is 18.1 Å². The molecule has 0 aliphatic heterocycles. The molecule has 0 atom stereocenters. The van der Waals surface area contributed by atoms with Crippen molar-refractivity contribution in [1.29, 1.82) is 0 Å². The first-order valence-corrected chi connectivity index (χ1v) is 6.49. The van der Waals surface area contributed by atoms with E-state index in [4.69, 9.17) is 4.74 Å². The molecule has 0 amide bonds. The zero-order valence-corrected chi connectivity index (χ0v) is 11.3. The van der Waals surface area contributed by atoms with Crippen LogP contribution in [0, 0.1) is 10.1 Å². The van der Waals surface area contributed by atoms with Crippen molar-refractivity contribution in [2.75, 3.05) is 13.2 Å². The van der Waals surface area contributed by atoms with Gasteiger partial charge in [-0.05, 0) is 12.8 Å². The molecule has 1 aromatic rings. The molecular weight excluding hydrogens is 230 g/mol. The summed E-state index contributed by atoms with van der Waals surface area (Å²) in [5.74, 6) is 0. The van der Waals surface area contributed by atoms with Gasteiger partial charge in [0.2, 0.25) is 0 Å². The van der Waals surface area contributed by atoms with Gasteiger partial charge < -0.3 is 4.74 Å². The van der Waals surface area contributed by atoms with Crippen molar-refractivity contribution in [3.8, 4) is 0 Å². The van der Waals surface area contributed by atoms with Gasteiger partial charge in [0, 0.05) is 25.3 Å². The van der Waals surface area contributed by atoms with Crippen LogP contribution in [0.25, 0.3) is 0 Å². The number of nitrogens with zero attached hydrogens (tertiary/aromatic N) is 1. The highest BCUT2D eigenvalue weighted by Gasteiger charge is 1.98. The van der Waals surface area contributed by atoms with Gasteiger partial charge >= 0.3 is 0 Å². The van der Waals surface area contributed by atoms with E-state index in [2.05, 4.69) is 13.8 Å². The third-order valence-corrected chi connectivity index (χ3v) is 2.25. The van der Waals surface area contributed by atoms with Gasteiger partial charge in [-0.2, -0.15) is 0 Å². The number of benzene rings is 1. The van der Waals surface area contributed by atoms with Gasteiger partial charge in [-0.15, -0.1) is 0 Å². The third-order valence-electron chi connectivity index (χ3n) is 2.25. The van der Waals surface area contributed by atoms with Crippen molar-refractivity contribution < 1.29 is 9.66 Å². The van der Waals surface area contributed by atoms with Crippen LogP contribution in [0.5, 0.6) is 0 Å². The molecule has 4 nitrogen and oxygen atoms in total. The van der Waals surface area contributed by atoms with Crippen LogP contribution in [0.15, 0.2) is 30.3 Å². The molecule has 0 saturated carbocycles. The number of non-ortho nitro benzene ring substituents is 1. The lowest BCUT2D eigenvalue weighted by Crippen LogP contribution is -1.95. The summed E-state index contributed by atoms with van der Waals surface area (Å²) in [5, 5.41) is 10.0. The van der Waals surface area contributed by atoms with E-state index in [0.29, 0.717) is 0 Å². The van der Waals surface area contributed by atoms with Crippen LogP contribution in [-0.2, 0) is 4.74 Å². The van der Waals surface area contributed by atoms with Crippen molar-refractivity contribution in [1.82, 2.24) is 0 Å². The van der Waals surface area contributed by atoms with E-state index in [-0.39, 0.29) is 5.69 Å². The summed E-state index contributed by atoms with van der Waals surface area (Å²) >= 11 is 0. The maximum Gasteiger partial charge on any atom is 0.269 e. The standard InChI is InChI=1S/C8H18O.C6H5NO2/c1-3-5-7-9-8-6-4-2;8-7(9)6-4-2-1-3-5-6/h3-8H2,1-2H3;1-5H. The molecule has 4 heteroatoms. The van der Waals surface area contributed by atoms with E-state index in [0.717, 1.165) is 13.2 Å². The Morgan fingerprint density at radius 2 is 1.56 bits per heavy atom. The summed E-state index contributed by atoms with van der Waals surface area (Å²) in [6.07, 6.45) is 4.91. The molecule has 0 radical (unpaired) electrons. The van der Waals surface area contributed by atoms with E-state index in [1.165, 1.54) is 37.8 Å². The molecule has 0 fully saturated rings. The normalized spacial score (nSPS) is 9.44. The predicted octanol–water partition coefficient (Wildman–Crippen LogP) is 4.20. The van der Waals surface area contributed by atoms with Crippen LogP contribution in [0.1, 0.15) is 39.5 Å². The van der Waals surface area contributed by atoms with Crippen LogP contribution < -0.4 is 0 Å². The molecule has 0 aliphatic carbocycles. The summed E-state index contributed by atoms with van der Waals surface area (Å²) in [4.78, 5) is 9.59. The second-order valence-electron chi connectivity index (χ2n) is 3.91. The smallest absolute Gasteiger partial charge is 0.269 e. The molecule has 0 heterocycles. The van der Waals surface area contributed by atoms with Crippen molar-refractivity contribution in [2.45, 2.75) is 39.5 Å². The Hall–Kier alpha value is -1.42. The molecule has 102 valence electrons. The predicted molar refractivity (Wildman–Crippen MR) is 73.7 cm³/mol. The zero-order chi connectivity index (χ0) is 13.6. The number of hydrogen-bond donors (Lipinski definition) is 0. The fourth-order valence-electron chi connectivity index (χ4n) is 1.14. The molecule has 0 bridgehead atoms. The van der Waals surface area contributed by atoms with Crippen LogP contribution >= 0.6 is 0 Å². The van der Waals surface area contributed by atoms with Gasteiger partial charge in [0.25, 0.3) is 5.69 Å². The van der Waals surface area contributed by atoms with Crippen LogP contribution in [0.3, 0.4) is 0 Å². The first-order chi connectivity index (χ1) is 8.72. The Labute approximate surface area is 109 Å². The molecule has 0 N–H and O–H groups in total. The van der Waals surface area contributed by atoms with E-state index >= 15 is 0 Å². The average Bonchev–Trinajstić information content (AvgIpc) is 2.40. The topological polar surface area (TPSA) is 52.4 Å². The van der Waals surface area contributed by atoms with E-state index in [1.807, 2.05) is 0 Å². The summed E-state index contributed by atoms with van der Waals surface area (Å²) in [5.41, 5.74) is 0.137. The summed E-state index contributed by atoms with van der Waals surface area (Å²) in [7, 11) is 0. The minimum absolute atomic E-state index is 0.137. The molecule has 18 heavy (non-hydrogen) atoms. The van der Waals surface area contributed by atoms with Gasteiger partial charge in [-0.1, -0.05) is 44.9 Å². The van der Waals surface area contributed by atoms with E-state index in [9.17, 15) is 10.1 Å². The Morgan fingerprint density at radius 3 is 1.89 bits per heavy atom. The highest BCUT2D eigenvalue weighted by molar-refractivity contribution is 5.27. The number of rotatable bonds is 7. The van der Waals surface area contributed by atoms with Gasteiger partial charge in [-0.3, -0.25) is 10.1 Å². The first kappa shape index (κ1) is 16.6. The van der Waals surface area contributed by atoms with Crippen LogP contribution in [0.4, 0.5) is 5.69 Å². The number of nitro groups is 1. The highest BCUT2D eigenvalue weighted by atomic mass is 16.6. The maximum atomic E-state index is 10.0. The molecule has 1 aromatic carbocycles. The largest absolute Gasteiger partial charge is 0.381 e. The average molecular weight is 253 g/mol. The number of hydrogen-bond acceptors (Lipinski definition) is 3. The fourth-order valence-corrected chi connectivity index (χ4v) is 1.14. The zero-order valence-electron chi connectivity index (χ0n) is 11.3. The monoisotopic (exact) mass is 253 g/mol. The van der Waals surface area contributed by atoms with Crippen molar-refractivity contribution in [3.63, 3.8) is 0 Å². The number of nitro benzene ring substituents is 1. The Balaban J connectivity index is 0.000000321. The van der Waals surface area contributed by atoms with Crippen molar-refractivity contribution >= 4 is 5.69 Å². The lowest BCUT2D eigenvalue weighted by atomic mass is 10.3. The van der Waals surface area contributed by atoms with Crippen LogP contribution in [0.2, 0.25) is 0 Å². The van der Waals surface area contributed by atoms with E-state index < -0.39 is 4.92 Å². The van der Waals surface area contributed by atoms with Gasteiger partial charge in [-0.25, -0.2) is 0 Å². The molecular formula is C14H23NO3. The summed E-state index contributed by atoms with van der Waals surface area (Å²) < 4.78 is 5.31. The molecule has 0 unspecified atom stereocenters. The van der Waals surface area contributed by atoms with E-state index in [1.54, 1.807) is 18.2 Å². The van der Waals surface area contributed by atoms with Crippen molar-refractivity contribution in [3.05, 3.63) is 40.4 Å². The van der Waals surface area contributed by atoms with Gasteiger partial charge in [0.1, 0.15) is 0 Å². The highest BCUT2D eigenvalue weighted by Crippen LogP contribution is 2.06. The number of unbranched alkanes of at least 4 members (excludes halogenated alkanes) is 2. The number of para-hydroxylation sites is 1. The molecule has 0 spiro atoms. The first-order valence-electron chi connectivity index (χ1n) is 6.49. The van der Waals surface area contributed by atoms with Gasteiger partial charge in [0.05, 0.1) is 4.92 Å². The quantitative estimate of drug-likeness (QED) is 0.416. The lowest BCUT2D eigenvalue weighted by molar-refractivity contribution is -0.384. The SMILES string of the molecule is CCCCOCCCC.O=[N+]([O-])c1ccccc1. The number of ether oxygens (including phenoxy) is 1. The fraction of sp³-hybridized carbons (Fsp3) is 0.571. The molecule has 0 aromatic heterocycles. The Bertz CT molecular complexity index is 295. The minimum atomic E-state index is -0.417. The minimum Gasteiger partial charge on any atom is -0.381 e. The second kappa shape index (κ2) is 12.0. The van der Waals surface area contributed by atoms with Crippen molar-refractivity contribution in [2.24, 2.45) is 0 Å². The van der Waals surface area contributed by atoms with Gasteiger partial charge in [0.15, 0.2) is 0 Å². The molecule has 0 aliphatic rings. The molecule has 1 rings (SSSR count). The molecule has 0 saturated heterocycles. The Morgan fingerprint density at radius 1 is 1.06 bits per heavy atom. The second-order valence-corrected chi connectivity index (χ2v) is 3.91. The summed E-state index contributed by atoms with van der Waals surface area (Å²) in [6, 6.07) is 7.93. The Kier molecular flexibility index (Phi) is 11.1. The maximum absolute atomic E-state index is 10.0. The third kappa shape index (κ3) is 9.78. The lowest BCUT2D eigenvalue weighted by Gasteiger charge is -1.99. The summed E-state index contributed by atoms with van der Waals surface area (Å²) in [6.45, 7) is 6.28.